The second kappa shape index (κ2) is 8.93. The van der Waals surface area contributed by atoms with Crippen LogP contribution in [-0.4, -0.2) is 48.5 Å². The lowest BCUT2D eigenvalue weighted by Crippen LogP contribution is -2.46. The predicted octanol–water partition coefficient (Wildman–Crippen LogP) is 2.51. The molecule has 27 heavy (non-hydrogen) atoms. The van der Waals surface area contributed by atoms with Crippen LogP contribution in [0.1, 0.15) is 30.3 Å². The van der Waals surface area contributed by atoms with Crippen molar-refractivity contribution in [1.29, 1.82) is 0 Å². The minimum atomic E-state index is 0.418. The molecule has 0 saturated carbocycles. The Morgan fingerprint density at radius 1 is 1.26 bits per heavy atom. The van der Waals surface area contributed by atoms with Crippen molar-refractivity contribution in [2.45, 2.75) is 46.2 Å². The van der Waals surface area contributed by atoms with Crippen molar-refractivity contribution in [3.63, 3.8) is 0 Å². The Hall–Kier alpha value is -2.50. The third kappa shape index (κ3) is 4.81. The van der Waals surface area contributed by atoms with Crippen molar-refractivity contribution in [2.24, 2.45) is 4.99 Å². The van der Waals surface area contributed by atoms with E-state index in [2.05, 4.69) is 74.5 Å². The topological polar surface area (TPSA) is 57.5 Å². The highest BCUT2D eigenvalue weighted by Gasteiger charge is 2.22. The van der Waals surface area contributed by atoms with Crippen LogP contribution in [0.2, 0.25) is 0 Å². The first-order chi connectivity index (χ1) is 13.1. The third-order valence-corrected chi connectivity index (χ3v) is 5.19. The van der Waals surface area contributed by atoms with Gasteiger partial charge in [-0.3, -0.25) is 9.67 Å². The second-order valence-electron chi connectivity index (χ2n) is 7.30. The molecule has 1 aromatic heterocycles. The number of aromatic nitrogens is 2. The summed E-state index contributed by atoms with van der Waals surface area (Å²) in [6, 6.07) is 11.3. The molecule has 1 aromatic carbocycles. The summed E-state index contributed by atoms with van der Waals surface area (Å²) in [6.07, 6.45) is 2.15. The summed E-state index contributed by atoms with van der Waals surface area (Å²) in [5, 5.41) is 11.4. The van der Waals surface area contributed by atoms with Gasteiger partial charge in [-0.15, -0.1) is 0 Å². The van der Waals surface area contributed by atoms with Crippen molar-refractivity contribution >= 4 is 11.6 Å². The van der Waals surface area contributed by atoms with Crippen LogP contribution in [0.5, 0.6) is 0 Å². The zero-order valence-electron chi connectivity index (χ0n) is 17.0. The number of hydrogen-bond acceptors (Lipinski definition) is 3. The quantitative estimate of drug-likeness (QED) is 0.448. The molecular formula is C21H32N6. The lowest BCUT2D eigenvalue weighted by atomic mass is 10.2. The number of aryl methyl sites for hydroxylation is 3. The maximum Gasteiger partial charge on any atom is 0.191 e. The van der Waals surface area contributed by atoms with Crippen LogP contribution in [0.4, 0.5) is 5.69 Å². The number of rotatable bonds is 7. The summed E-state index contributed by atoms with van der Waals surface area (Å²) in [5.41, 5.74) is 5.13. The highest BCUT2D eigenvalue weighted by molar-refractivity contribution is 5.79. The van der Waals surface area contributed by atoms with E-state index in [0.717, 1.165) is 50.7 Å². The van der Waals surface area contributed by atoms with Crippen molar-refractivity contribution < 1.29 is 0 Å². The van der Waals surface area contributed by atoms with Gasteiger partial charge < -0.3 is 15.5 Å². The monoisotopic (exact) mass is 368 g/mol. The number of nitrogens with zero attached hydrogens (tertiary/aromatic N) is 4. The Morgan fingerprint density at radius 3 is 2.81 bits per heavy atom. The van der Waals surface area contributed by atoms with Crippen molar-refractivity contribution in [3.8, 4) is 0 Å². The van der Waals surface area contributed by atoms with Gasteiger partial charge in [-0.2, -0.15) is 5.10 Å². The molecule has 1 unspecified atom stereocenters. The second-order valence-corrected chi connectivity index (χ2v) is 7.30. The van der Waals surface area contributed by atoms with Gasteiger partial charge in [0, 0.05) is 50.6 Å². The smallest absolute Gasteiger partial charge is 0.191 e. The Labute approximate surface area is 162 Å². The minimum absolute atomic E-state index is 0.418. The maximum absolute atomic E-state index is 4.51. The van der Waals surface area contributed by atoms with Gasteiger partial charge >= 0.3 is 0 Å². The first-order valence-corrected chi connectivity index (χ1v) is 9.88. The van der Waals surface area contributed by atoms with Crippen molar-refractivity contribution in [2.75, 3.05) is 31.6 Å². The molecule has 0 radical (unpaired) electrons. The van der Waals surface area contributed by atoms with Crippen LogP contribution in [-0.2, 0) is 13.0 Å². The van der Waals surface area contributed by atoms with E-state index in [1.807, 2.05) is 14.0 Å². The summed E-state index contributed by atoms with van der Waals surface area (Å²) in [7, 11) is 1.83. The first-order valence-electron chi connectivity index (χ1n) is 9.88. The third-order valence-electron chi connectivity index (χ3n) is 5.19. The number of anilines is 1. The van der Waals surface area contributed by atoms with E-state index in [4.69, 9.17) is 0 Å². The highest BCUT2D eigenvalue weighted by atomic mass is 15.3. The lowest BCUT2D eigenvalue weighted by molar-refractivity contribution is 0.553. The van der Waals surface area contributed by atoms with Gasteiger partial charge in [0.25, 0.3) is 0 Å². The molecule has 3 rings (SSSR count). The van der Waals surface area contributed by atoms with Crippen LogP contribution in [0.15, 0.2) is 35.3 Å². The zero-order chi connectivity index (χ0) is 19.2. The zero-order valence-corrected chi connectivity index (χ0v) is 17.0. The molecule has 0 fully saturated rings. The lowest BCUT2D eigenvalue weighted by Gasteiger charge is -2.28. The Kier molecular flexibility index (Phi) is 6.37. The summed E-state index contributed by atoms with van der Waals surface area (Å²) in [4.78, 5) is 6.84. The number of fused-ring (bicyclic) bond motifs is 1. The van der Waals surface area contributed by atoms with Gasteiger partial charge in [-0.25, -0.2) is 0 Å². The largest absolute Gasteiger partial charge is 0.366 e. The highest BCUT2D eigenvalue weighted by Crippen LogP contribution is 2.28. The predicted molar refractivity (Wildman–Crippen MR) is 113 cm³/mol. The van der Waals surface area contributed by atoms with Gasteiger partial charge in [0.15, 0.2) is 5.96 Å². The van der Waals surface area contributed by atoms with E-state index in [1.54, 1.807) is 0 Å². The van der Waals surface area contributed by atoms with Gasteiger partial charge in [-0.1, -0.05) is 18.2 Å². The fraction of sp³-hybridized carbons (Fsp3) is 0.524. The molecule has 0 bridgehead atoms. The molecule has 6 nitrogen and oxygen atoms in total. The Bertz CT molecular complexity index is 779. The van der Waals surface area contributed by atoms with E-state index >= 15 is 0 Å². The summed E-state index contributed by atoms with van der Waals surface area (Å²) < 4.78 is 2.07. The number of nitrogens with one attached hydrogen (secondary N) is 2. The summed E-state index contributed by atoms with van der Waals surface area (Å²) in [6.45, 7) is 10.2. The van der Waals surface area contributed by atoms with E-state index in [-0.39, 0.29) is 0 Å². The molecule has 1 atom stereocenters. The number of para-hydroxylation sites is 1. The van der Waals surface area contributed by atoms with Gasteiger partial charge in [0.05, 0.1) is 5.69 Å². The molecular weight excluding hydrogens is 336 g/mol. The Morgan fingerprint density at radius 2 is 2.07 bits per heavy atom. The van der Waals surface area contributed by atoms with E-state index < -0.39 is 0 Å². The molecule has 2 N–H and O–H groups in total. The first kappa shape index (κ1) is 19.3. The van der Waals surface area contributed by atoms with Crippen LogP contribution < -0.4 is 15.5 Å². The molecule has 0 spiro atoms. The molecule has 2 heterocycles. The maximum atomic E-state index is 4.51. The minimum Gasteiger partial charge on any atom is -0.366 e. The van der Waals surface area contributed by atoms with Crippen molar-refractivity contribution in [1.82, 2.24) is 20.4 Å². The van der Waals surface area contributed by atoms with Crippen molar-refractivity contribution in [3.05, 3.63) is 47.3 Å². The van der Waals surface area contributed by atoms with Crippen LogP contribution in [0.3, 0.4) is 0 Å². The van der Waals surface area contributed by atoms with Gasteiger partial charge in [-0.05, 0) is 51.3 Å². The summed E-state index contributed by atoms with van der Waals surface area (Å²) >= 11 is 0. The fourth-order valence-electron chi connectivity index (χ4n) is 3.73. The average molecular weight is 369 g/mol. The molecule has 0 amide bonds. The number of hydrogen-bond donors (Lipinski definition) is 2. The number of benzene rings is 1. The van der Waals surface area contributed by atoms with E-state index in [0.29, 0.717) is 6.04 Å². The SMILES string of the molecule is CN=C(NCCCn1nc(C)cc1C)NCC(C)N1CCc2ccccc21. The number of aliphatic imine (C=N–C) groups is 1. The molecule has 0 saturated heterocycles. The van der Waals surface area contributed by atoms with Gasteiger partial charge in [0.1, 0.15) is 0 Å². The van der Waals surface area contributed by atoms with Gasteiger partial charge in [0.2, 0.25) is 0 Å². The summed E-state index contributed by atoms with van der Waals surface area (Å²) in [5.74, 6) is 0.864. The molecule has 1 aliphatic rings. The standard InChI is InChI=1S/C21H32N6/c1-16-14-17(2)27(25-16)12-7-11-23-21(22-4)24-15-18(3)26-13-10-19-8-5-6-9-20(19)26/h5-6,8-9,14,18H,7,10-13,15H2,1-4H3,(H2,22,23,24). The molecule has 0 aliphatic carbocycles. The van der Waals surface area contributed by atoms with E-state index in [1.165, 1.54) is 16.9 Å². The Balaban J connectivity index is 1.41. The molecule has 6 heteroatoms. The number of guanidine groups is 1. The molecule has 2 aromatic rings. The molecule has 1 aliphatic heterocycles. The molecule has 146 valence electrons. The van der Waals surface area contributed by atoms with Crippen LogP contribution in [0.25, 0.3) is 0 Å². The normalized spacial score (nSPS) is 15.0. The van der Waals surface area contributed by atoms with E-state index in [9.17, 15) is 0 Å². The van der Waals surface area contributed by atoms with Crippen LogP contribution in [0, 0.1) is 13.8 Å². The van der Waals surface area contributed by atoms with Crippen LogP contribution >= 0.6 is 0 Å². The average Bonchev–Trinajstić information content (AvgIpc) is 3.23. The fourth-order valence-corrected chi connectivity index (χ4v) is 3.73.